The molecule has 1 unspecified atom stereocenters. The second-order valence-corrected chi connectivity index (χ2v) is 13.2. The summed E-state index contributed by atoms with van der Waals surface area (Å²) in [5.41, 5.74) is 4.27. The van der Waals surface area contributed by atoms with Gasteiger partial charge in [0, 0.05) is 30.8 Å². The van der Waals surface area contributed by atoms with Gasteiger partial charge in [0.15, 0.2) is 5.78 Å². The van der Waals surface area contributed by atoms with Gasteiger partial charge in [-0.25, -0.2) is 0 Å². The van der Waals surface area contributed by atoms with Crippen molar-refractivity contribution in [2.24, 2.45) is 11.3 Å². The van der Waals surface area contributed by atoms with Gasteiger partial charge in [0.1, 0.15) is 5.60 Å². The van der Waals surface area contributed by atoms with Gasteiger partial charge in [-0.05, 0) is 60.3 Å². The number of allylic oxidation sites excluding steroid dienone is 1. The van der Waals surface area contributed by atoms with Crippen molar-refractivity contribution in [1.29, 1.82) is 0 Å². The number of anilines is 2. The van der Waals surface area contributed by atoms with Crippen LogP contribution in [-0.2, 0) is 15.2 Å². The summed E-state index contributed by atoms with van der Waals surface area (Å²) in [6.07, 6.45) is 3.45. The Hall–Kier alpha value is -3.90. The zero-order valence-corrected chi connectivity index (χ0v) is 25.6. The first-order chi connectivity index (χ1) is 20.7. The Kier molecular flexibility index (Phi) is 7.91. The number of para-hydroxylation sites is 2. The Morgan fingerprint density at radius 1 is 0.907 bits per heavy atom. The van der Waals surface area contributed by atoms with E-state index in [1.807, 2.05) is 83.8 Å². The SMILES string of the molecule is CCC1C2=C(CC(C)(C)CC2=O)Nc2ccccc2N1CC(=O)N1CCC(C(O)(c2ccccc2)c2ccccc2)CC1. The van der Waals surface area contributed by atoms with Crippen molar-refractivity contribution >= 4 is 23.1 Å². The summed E-state index contributed by atoms with van der Waals surface area (Å²) < 4.78 is 0. The van der Waals surface area contributed by atoms with Gasteiger partial charge >= 0.3 is 0 Å². The Labute approximate surface area is 255 Å². The van der Waals surface area contributed by atoms with E-state index < -0.39 is 5.60 Å². The molecule has 6 heteroatoms. The van der Waals surface area contributed by atoms with Crippen molar-refractivity contribution < 1.29 is 14.7 Å². The minimum absolute atomic E-state index is 0.0243. The fourth-order valence-electron chi connectivity index (χ4n) is 7.58. The van der Waals surface area contributed by atoms with Gasteiger partial charge in [-0.15, -0.1) is 0 Å². The number of Topliss-reactive ketones (excluding diaryl/α,β-unsaturated/α-hetero) is 1. The lowest BCUT2D eigenvalue weighted by molar-refractivity contribution is -0.132. The molecule has 2 heterocycles. The van der Waals surface area contributed by atoms with E-state index in [1.165, 1.54) is 0 Å². The lowest BCUT2D eigenvalue weighted by Crippen LogP contribution is -2.50. The number of carbonyl (C=O) groups is 2. The van der Waals surface area contributed by atoms with E-state index in [0.717, 1.165) is 46.6 Å². The van der Waals surface area contributed by atoms with Crippen LogP contribution in [0.15, 0.2) is 96.2 Å². The third-order valence-electron chi connectivity index (χ3n) is 9.69. The number of piperidine rings is 1. The van der Waals surface area contributed by atoms with E-state index in [-0.39, 0.29) is 35.6 Å². The van der Waals surface area contributed by atoms with Gasteiger partial charge in [-0.3, -0.25) is 9.59 Å². The molecule has 2 aliphatic heterocycles. The zero-order chi connectivity index (χ0) is 30.2. The Morgan fingerprint density at radius 2 is 1.49 bits per heavy atom. The molecule has 43 heavy (non-hydrogen) atoms. The summed E-state index contributed by atoms with van der Waals surface area (Å²) in [6, 6.07) is 27.7. The molecule has 1 atom stereocenters. The Balaban J connectivity index is 1.24. The number of hydrogen-bond donors (Lipinski definition) is 2. The molecule has 3 aromatic carbocycles. The number of hydrogen-bond acceptors (Lipinski definition) is 5. The maximum absolute atomic E-state index is 14.0. The van der Waals surface area contributed by atoms with Crippen LogP contribution in [0.4, 0.5) is 11.4 Å². The van der Waals surface area contributed by atoms with Crippen molar-refractivity contribution in [2.75, 3.05) is 29.9 Å². The van der Waals surface area contributed by atoms with Crippen LogP contribution in [0.1, 0.15) is 64.0 Å². The molecule has 0 aromatic heterocycles. The van der Waals surface area contributed by atoms with Crippen LogP contribution in [0.3, 0.4) is 0 Å². The van der Waals surface area contributed by atoms with Crippen LogP contribution in [0.2, 0.25) is 0 Å². The Morgan fingerprint density at radius 3 is 2.09 bits per heavy atom. The fraction of sp³-hybridized carbons (Fsp3) is 0.405. The van der Waals surface area contributed by atoms with E-state index in [2.05, 4.69) is 37.1 Å². The number of ketones is 1. The highest BCUT2D eigenvalue weighted by Crippen LogP contribution is 2.45. The largest absolute Gasteiger partial charge is 0.380 e. The molecular weight excluding hydrogens is 534 g/mol. The van der Waals surface area contributed by atoms with E-state index >= 15 is 0 Å². The minimum Gasteiger partial charge on any atom is -0.380 e. The number of benzene rings is 3. The molecule has 6 rings (SSSR count). The lowest BCUT2D eigenvalue weighted by atomic mass is 9.72. The molecule has 6 nitrogen and oxygen atoms in total. The second kappa shape index (κ2) is 11.6. The number of amides is 1. The van der Waals surface area contributed by atoms with Crippen LogP contribution < -0.4 is 10.2 Å². The van der Waals surface area contributed by atoms with E-state index in [1.54, 1.807) is 0 Å². The molecule has 0 saturated carbocycles. The first kappa shape index (κ1) is 29.2. The maximum atomic E-state index is 14.0. The number of likely N-dealkylation sites (tertiary alicyclic amines) is 1. The quantitative estimate of drug-likeness (QED) is 0.349. The van der Waals surface area contributed by atoms with Gasteiger partial charge < -0.3 is 20.2 Å². The Bertz CT molecular complexity index is 1470. The summed E-state index contributed by atoms with van der Waals surface area (Å²) in [7, 11) is 0. The second-order valence-electron chi connectivity index (χ2n) is 13.2. The van der Waals surface area contributed by atoms with Gasteiger partial charge in [0.25, 0.3) is 0 Å². The molecular formula is C37H43N3O3. The molecule has 3 aliphatic rings. The van der Waals surface area contributed by atoms with Crippen LogP contribution in [-0.4, -0.2) is 47.4 Å². The standard InChI is InChI=1S/C37H43N3O3/c1-4-31-35-30(23-36(2,3)24-33(35)41)38-29-17-11-12-18-32(29)40(31)25-34(42)39-21-19-28(20-22-39)37(43,26-13-7-5-8-14-26)27-15-9-6-10-16-27/h5-18,28,31,38,43H,4,19-25H2,1-3H3. The molecule has 0 spiro atoms. The smallest absolute Gasteiger partial charge is 0.242 e. The number of carbonyl (C=O) groups excluding carboxylic acids is 2. The number of fused-ring (bicyclic) bond motifs is 1. The summed E-state index contributed by atoms with van der Waals surface area (Å²) in [5.74, 6) is 0.212. The number of rotatable bonds is 6. The van der Waals surface area contributed by atoms with Crippen LogP contribution in [0, 0.1) is 11.3 Å². The predicted octanol–water partition coefficient (Wildman–Crippen LogP) is 6.52. The van der Waals surface area contributed by atoms with Crippen molar-refractivity contribution in [2.45, 2.75) is 64.5 Å². The summed E-state index contributed by atoms with van der Waals surface area (Å²) >= 11 is 0. The molecule has 0 bridgehead atoms. The normalized spacial score (nSPS) is 20.7. The molecule has 0 radical (unpaired) electrons. The zero-order valence-electron chi connectivity index (χ0n) is 25.6. The van der Waals surface area contributed by atoms with Crippen LogP contribution in [0.25, 0.3) is 0 Å². The van der Waals surface area contributed by atoms with Gasteiger partial charge in [0.05, 0.1) is 24.0 Å². The highest BCUT2D eigenvalue weighted by Gasteiger charge is 2.43. The van der Waals surface area contributed by atoms with Crippen LogP contribution in [0.5, 0.6) is 0 Å². The average Bonchev–Trinajstić information content (AvgIpc) is 3.15. The topological polar surface area (TPSA) is 72.9 Å². The number of nitrogens with zero attached hydrogens (tertiary/aromatic N) is 2. The first-order valence-corrected chi connectivity index (χ1v) is 15.7. The molecule has 1 amide bonds. The van der Waals surface area contributed by atoms with Gasteiger partial charge in [0.2, 0.25) is 5.91 Å². The lowest BCUT2D eigenvalue weighted by Gasteiger charge is -2.43. The molecule has 1 aliphatic carbocycles. The van der Waals surface area contributed by atoms with Crippen molar-refractivity contribution in [3.63, 3.8) is 0 Å². The van der Waals surface area contributed by atoms with Crippen molar-refractivity contribution in [3.8, 4) is 0 Å². The van der Waals surface area contributed by atoms with Crippen molar-refractivity contribution in [1.82, 2.24) is 4.90 Å². The molecule has 1 fully saturated rings. The summed E-state index contributed by atoms with van der Waals surface area (Å²) in [5, 5.41) is 15.9. The average molecular weight is 578 g/mol. The predicted molar refractivity (Wildman–Crippen MR) is 172 cm³/mol. The molecule has 3 aromatic rings. The summed E-state index contributed by atoms with van der Waals surface area (Å²) in [6.45, 7) is 7.77. The number of nitrogens with one attached hydrogen (secondary N) is 1. The number of aliphatic hydroxyl groups is 1. The van der Waals surface area contributed by atoms with Gasteiger partial charge in [-0.2, -0.15) is 0 Å². The molecule has 2 N–H and O–H groups in total. The van der Waals surface area contributed by atoms with E-state index in [4.69, 9.17) is 0 Å². The minimum atomic E-state index is -1.13. The monoisotopic (exact) mass is 577 g/mol. The third kappa shape index (κ3) is 5.49. The first-order valence-electron chi connectivity index (χ1n) is 15.7. The van der Waals surface area contributed by atoms with Crippen LogP contribution >= 0.6 is 0 Å². The summed E-state index contributed by atoms with van der Waals surface area (Å²) in [4.78, 5) is 31.7. The highest BCUT2D eigenvalue weighted by molar-refractivity contribution is 6.01. The molecule has 224 valence electrons. The van der Waals surface area contributed by atoms with Crippen molar-refractivity contribution in [3.05, 3.63) is 107 Å². The maximum Gasteiger partial charge on any atom is 0.242 e. The highest BCUT2D eigenvalue weighted by atomic mass is 16.3. The van der Waals surface area contributed by atoms with E-state index in [9.17, 15) is 14.7 Å². The molecule has 1 saturated heterocycles. The fourth-order valence-corrected chi connectivity index (χ4v) is 7.58. The van der Waals surface area contributed by atoms with Gasteiger partial charge in [-0.1, -0.05) is 93.6 Å². The third-order valence-corrected chi connectivity index (χ3v) is 9.69. The van der Waals surface area contributed by atoms with E-state index in [0.29, 0.717) is 32.4 Å².